The van der Waals surface area contributed by atoms with Crippen LogP contribution in [0.1, 0.15) is 58.1 Å². The molecule has 1 amide bonds. The molecule has 0 saturated heterocycles. The topological polar surface area (TPSA) is 73.4 Å². The minimum absolute atomic E-state index is 0.0594. The molecule has 1 aliphatic rings. The molecule has 0 radical (unpaired) electrons. The summed E-state index contributed by atoms with van der Waals surface area (Å²) in [5.74, 6) is 0.201. The molecule has 1 aromatic rings. The third kappa shape index (κ3) is 6.17. The first-order valence-corrected chi connectivity index (χ1v) is 9.68. The van der Waals surface area contributed by atoms with Crippen LogP contribution in [0.3, 0.4) is 0 Å². The molecular formula is C18H27FN2O3S. The van der Waals surface area contributed by atoms with Crippen molar-refractivity contribution in [2.45, 2.75) is 57.2 Å². The second kappa shape index (κ2) is 8.38. The average molecular weight is 370 g/mol. The van der Waals surface area contributed by atoms with Crippen LogP contribution in [0, 0.1) is 11.7 Å². The molecule has 0 bridgehead atoms. The molecule has 0 aliphatic heterocycles. The molecule has 0 heterocycles. The van der Waals surface area contributed by atoms with Gasteiger partial charge in [-0.2, -0.15) is 0 Å². The minimum Gasteiger partial charge on any atom is -0.598 e. The Bertz CT molecular complexity index is 602. The van der Waals surface area contributed by atoms with Gasteiger partial charge in [0.25, 0.3) is 0 Å². The highest BCUT2D eigenvalue weighted by molar-refractivity contribution is 7.90. The molecule has 2 N–H and O–H groups in total. The van der Waals surface area contributed by atoms with Gasteiger partial charge in [0.05, 0.1) is 18.8 Å². The smallest absolute Gasteiger partial charge is 0.411 e. The fourth-order valence-corrected chi connectivity index (χ4v) is 3.29. The summed E-state index contributed by atoms with van der Waals surface area (Å²) < 4.78 is 33.8. The number of rotatable bonds is 7. The van der Waals surface area contributed by atoms with E-state index in [2.05, 4.69) is 14.8 Å². The fraction of sp³-hybridized carbons (Fsp3) is 0.611. The zero-order chi connectivity index (χ0) is 18.6. The summed E-state index contributed by atoms with van der Waals surface area (Å²) in [5.41, 5.74) is 0.857. The van der Waals surface area contributed by atoms with E-state index in [-0.39, 0.29) is 11.7 Å². The molecule has 0 spiro atoms. The van der Waals surface area contributed by atoms with Crippen molar-refractivity contribution in [1.82, 2.24) is 4.72 Å². The van der Waals surface area contributed by atoms with E-state index in [1.54, 1.807) is 12.1 Å². The Morgan fingerprint density at radius 1 is 1.44 bits per heavy atom. The van der Waals surface area contributed by atoms with Crippen molar-refractivity contribution in [3.8, 4) is 0 Å². The van der Waals surface area contributed by atoms with E-state index < -0.39 is 28.0 Å². The lowest BCUT2D eigenvalue weighted by Gasteiger charge is -2.28. The number of nitrogens with one attached hydrogen (secondary N) is 2. The molecule has 1 aromatic carbocycles. The number of ether oxygens (including phenoxy) is 1. The third-order valence-electron chi connectivity index (χ3n) is 4.18. The van der Waals surface area contributed by atoms with Gasteiger partial charge in [0.2, 0.25) is 0 Å². The highest BCUT2D eigenvalue weighted by Gasteiger charge is 2.31. The van der Waals surface area contributed by atoms with E-state index in [9.17, 15) is 13.7 Å². The molecule has 2 atom stereocenters. The van der Waals surface area contributed by atoms with Crippen LogP contribution >= 0.6 is 0 Å². The summed E-state index contributed by atoms with van der Waals surface area (Å²) in [6.07, 6.45) is 3.62. The maximum Gasteiger partial charge on any atom is 0.411 e. The molecule has 5 nitrogen and oxygen atoms in total. The lowest BCUT2D eigenvalue weighted by Crippen LogP contribution is -2.41. The molecule has 1 saturated carbocycles. The third-order valence-corrected chi connectivity index (χ3v) is 5.79. The highest BCUT2D eigenvalue weighted by Crippen LogP contribution is 2.37. The quantitative estimate of drug-likeness (QED) is 0.702. The van der Waals surface area contributed by atoms with Crippen molar-refractivity contribution in [3.63, 3.8) is 0 Å². The van der Waals surface area contributed by atoms with Gasteiger partial charge in [-0.3, -0.25) is 5.32 Å². The minimum atomic E-state index is -1.24. The average Bonchev–Trinajstić information content (AvgIpc) is 3.36. The Labute approximate surface area is 152 Å². The number of anilines is 1. The second-order valence-electron chi connectivity index (χ2n) is 7.43. The van der Waals surface area contributed by atoms with Gasteiger partial charge in [-0.15, -0.1) is 4.72 Å². The molecule has 1 aliphatic carbocycles. The predicted molar refractivity (Wildman–Crippen MR) is 98.2 cm³/mol. The standard InChI is InChI=1S/C18H27FN2O3S/c1-18(2,3)25(23)21-15(10-7-12-5-6-12)13-8-9-14(19)16(11-13)20-17(22)24-4/h8-9,11-12,15,21H,5-7,10H2,1-4H3,(H,20,22)/t15-,25?/m0/s1. The first kappa shape index (κ1) is 20.0. The SMILES string of the molecule is COC(=O)Nc1cc([C@H](CCC2CC2)N[S+]([O-])C(C)(C)C)ccc1F. The lowest BCUT2D eigenvalue weighted by molar-refractivity contribution is 0.187. The van der Waals surface area contributed by atoms with Crippen LogP contribution < -0.4 is 10.0 Å². The number of hydrogen-bond acceptors (Lipinski definition) is 4. The van der Waals surface area contributed by atoms with E-state index in [0.717, 1.165) is 24.3 Å². The Kier molecular flexibility index (Phi) is 6.71. The van der Waals surface area contributed by atoms with Gasteiger partial charge in [-0.25, -0.2) is 9.18 Å². The molecule has 0 aromatic heterocycles. The maximum absolute atomic E-state index is 14.0. The summed E-state index contributed by atoms with van der Waals surface area (Å²) in [4.78, 5) is 11.4. The predicted octanol–water partition coefficient (Wildman–Crippen LogP) is 4.29. The van der Waals surface area contributed by atoms with Crippen LogP contribution in [0.5, 0.6) is 0 Å². The zero-order valence-electron chi connectivity index (χ0n) is 15.2. The van der Waals surface area contributed by atoms with Crippen LogP contribution in [0.25, 0.3) is 0 Å². The number of carbonyl (C=O) groups is 1. The Morgan fingerprint density at radius 3 is 2.68 bits per heavy atom. The van der Waals surface area contributed by atoms with Crippen molar-refractivity contribution >= 4 is 23.1 Å². The van der Waals surface area contributed by atoms with Gasteiger partial charge < -0.3 is 9.29 Å². The summed E-state index contributed by atoms with van der Waals surface area (Å²) in [6.45, 7) is 5.72. The van der Waals surface area contributed by atoms with E-state index in [0.29, 0.717) is 0 Å². The van der Waals surface area contributed by atoms with Crippen molar-refractivity contribution in [2.24, 2.45) is 5.92 Å². The van der Waals surface area contributed by atoms with Crippen molar-refractivity contribution in [1.29, 1.82) is 0 Å². The second-order valence-corrected chi connectivity index (χ2v) is 9.43. The number of methoxy groups -OCH3 is 1. The molecule has 1 unspecified atom stereocenters. The molecule has 7 heteroatoms. The molecule has 140 valence electrons. The Balaban J connectivity index is 2.19. The molecule has 2 rings (SSSR count). The van der Waals surface area contributed by atoms with Crippen molar-refractivity contribution in [3.05, 3.63) is 29.6 Å². The van der Waals surface area contributed by atoms with E-state index in [1.807, 2.05) is 20.8 Å². The van der Waals surface area contributed by atoms with Crippen LogP contribution in [0.2, 0.25) is 0 Å². The maximum atomic E-state index is 14.0. The van der Waals surface area contributed by atoms with E-state index >= 15 is 0 Å². The molecular weight excluding hydrogens is 343 g/mol. The van der Waals surface area contributed by atoms with Crippen LogP contribution in [0.4, 0.5) is 14.9 Å². The largest absolute Gasteiger partial charge is 0.598 e. The van der Waals surface area contributed by atoms with Gasteiger partial charge in [0.15, 0.2) is 0 Å². The van der Waals surface area contributed by atoms with Gasteiger partial charge in [-0.05, 0) is 57.2 Å². The monoisotopic (exact) mass is 370 g/mol. The number of carbonyl (C=O) groups excluding carboxylic acids is 1. The first-order valence-electron chi connectivity index (χ1n) is 8.53. The van der Waals surface area contributed by atoms with Gasteiger partial charge in [0.1, 0.15) is 10.6 Å². The number of hydrogen-bond donors (Lipinski definition) is 2. The Hall–Kier alpha value is -1.31. The van der Waals surface area contributed by atoms with Crippen molar-refractivity contribution < 1.29 is 18.5 Å². The van der Waals surface area contributed by atoms with Gasteiger partial charge in [-0.1, -0.05) is 18.9 Å². The fourth-order valence-electron chi connectivity index (χ4n) is 2.42. The molecule has 25 heavy (non-hydrogen) atoms. The van der Waals surface area contributed by atoms with E-state index in [4.69, 9.17) is 0 Å². The molecule has 1 fully saturated rings. The highest BCUT2D eigenvalue weighted by atomic mass is 32.2. The number of halogens is 1. The number of benzene rings is 1. The summed E-state index contributed by atoms with van der Waals surface area (Å²) in [7, 11) is 1.23. The van der Waals surface area contributed by atoms with Crippen LogP contribution in [-0.2, 0) is 16.1 Å². The van der Waals surface area contributed by atoms with Gasteiger partial charge in [0, 0.05) is 11.4 Å². The summed E-state index contributed by atoms with van der Waals surface area (Å²) in [5, 5.41) is 2.38. The van der Waals surface area contributed by atoms with Crippen LogP contribution in [-0.4, -0.2) is 22.5 Å². The first-order chi connectivity index (χ1) is 11.7. The van der Waals surface area contributed by atoms with Crippen molar-refractivity contribution in [2.75, 3.05) is 12.4 Å². The Morgan fingerprint density at radius 2 is 2.12 bits per heavy atom. The lowest BCUT2D eigenvalue weighted by atomic mass is 10.0. The summed E-state index contributed by atoms with van der Waals surface area (Å²) in [6, 6.07) is 4.39. The zero-order valence-corrected chi connectivity index (χ0v) is 16.0. The number of amides is 1. The van der Waals surface area contributed by atoms with Crippen LogP contribution in [0.15, 0.2) is 18.2 Å². The normalized spacial score (nSPS) is 17.0. The van der Waals surface area contributed by atoms with E-state index in [1.165, 1.54) is 26.0 Å². The van der Waals surface area contributed by atoms with Gasteiger partial charge >= 0.3 is 6.09 Å². The summed E-state index contributed by atoms with van der Waals surface area (Å²) >= 11 is -1.24.